The summed E-state index contributed by atoms with van der Waals surface area (Å²) in [6, 6.07) is 4.68. The Morgan fingerprint density at radius 1 is 1.09 bits per heavy atom. The van der Waals surface area contributed by atoms with E-state index in [1.165, 1.54) is 11.3 Å². The summed E-state index contributed by atoms with van der Waals surface area (Å²) >= 11 is 1.49. The van der Waals surface area contributed by atoms with Gasteiger partial charge in [-0.05, 0) is 51.1 Å². The monoisotopic (exact) mass is 462 g/mol. The number of aromatic nitrogens is 6. The molecule has 9 nitrogen and oxygen atoms in total. The first-order valence-electron chi connectivity index (χ1n) is 11.1. The zero-order valence-electron chi connectivity index (χ0n) is 18.9. The van der Waals surface area contributed by atoms with Crippen molar-refractivity contribution in [1.82, 2.24) is 34.8 Å². The third-order valence-electron chi connectivity index (χ3n) is 6.06. The normalized spacial score (nSPS) is 15.4. The van der Waals surface area contributed by atoms with Gasteiger partial charge in [0.25, 0.3) is 5.91 Å². The van der Waals surface area contributed by atoms with Gasteiger partial charge in [-0.15, -0.1) is 10.2 Å². The third kappa shape index (κ3) is 4.62. The molecule has 0 radical (unpaired) electrons. The SMILES string of the molecule is Cc1nnc(-c2cc3cc(NC(=O)c4cnn(C5CCN(C(C)C)CC5)c4)ncc3cn2)s1. The molecule has 0 unspecified atom stereocenters. The predicted octanol–water partition coefficient (Wildman–Crippen LogP) is 3.95. The van der Waals surface area contributed by atoms with Crippen molar-refractivity contribution in [3.63, 3.8) is 0 Å². The van der Waals surface area contributed by atoms with Gasteiger partial charge in [-0.3, -0.25) is 14.5 Å². The first kappa shape index (κ1) is 21.6. The standard InChI is InChI=1S/C23H26N8OS/c1-14(2)30-6-4-19(5-7-30)31-13-18(12-26-31)22(32)27-21-9-16-8-20(23-29-28-15(3)33-23)24-10-17(16)11-25-21/h8-14,19H,4-7H2,1-3H3,(H,25,27,32). The number of amides is 1. The molecule has 0 aromatic carbocycles. The van der Waals surface area contributed by atoms with E-state index in [0.29, 0.717) is 23.5 Å². The molecular weight excluding hydrogens is 436 g/mol. The van der Waals surface area contributed by atoms with Crippen molar-refractivity contribution in [3.8, 4) is 10.7 Å². The van der Waals surface area contributed by atoms with Crippen LogP contribution >= 0.6 is 11.3 Å². The van der Waals surface area contributed by atoms with Crippen LogP contribution in [0.15, 0.2) is 36.9 Å². The molecule has 10 heteroatoms. The molecule has 1 N–H and O–H groups in total. The zero-order valence-corrected chi connectivity index (χ0v) is 19.7. The van der Waals surface area contributed by atoms with Crippen LogP contribution in [0.2, 0.25) is 0 Å². The molecule has 0 bridgehead atoms. The number of carbonyl (C=O) groups excluding carboxylic acids is 1. The predicted molar refractivity (Wildman–Crippen MR) is 128 cm³/mol. The molecule has 4 aromatic rings. The Kier molecular flexibility index (Phi) is 5.86. The van der Waals surface area contributed by atoms with Gasteiger partial charge >= 0.3 is 0 Å². The first-order valence-corrected chi connectivity index (χ1v) is 11.9. The summed E-state index contributed by atoms with van der Waals surface area (Å²) in [4.78, 5) is 24.1. The molecule has 0 aliphatic carbocycles. The van der Waals surface area contributed by atoms with E-state index in [9.17, 15) is 4.79 Å². The second kappa shape index (κ2) is 8.95. The van der Waals surface area contributed by atoms with Crippen molar-refractivity contribution < 1.29 is 4.79 Å². The number of pyridine rings is 2. The lowest BCUT2D eigenvalue weighted by Crippen LogP contribution is -2.39. The number of hydrogen-bond donors (Lipinski definition) is 1. The molecule has 1 aliphatic heterocycles. The number of hydrogen-bond acceptors (Lipinski definition) is 8. The summed E-state index contributed by atoms with van der Waals surface area (Å²) in [5.41, 5.74) is 1.28. The van der Waals surface area contributed by atoms with Gasteiger partial charge < -0.3 is 10.2 Å². The maximum absolute atomic E-state index is 12.8. The number of carbonyl (C=O) groups is 1. The minimum Gasteiger partial charge on any atom is -0.306 e. The topological polar surface area (TPSA) is 102 Å². The summed E-state index contributed by atoms with van der Waals surface area (Å²) in [6.45, 7) is 8.48. The summed E-state index contributed by atoms with van der Waals surface area (Å²) in [5.74, 6) is 0.262. The minimum atomic E-state index is -0.221. The lowest BCUT2D eigenvalue weighted by Gasteiger charge is -2.34. The van der Waals surface area contributed by atoms with Crippen LogP contribution in [0.5, 0.6) is 0 Å². The molecule has 33 heavy (non-hydrogen) atoms. The number of rotatable bonds is 5. The van der Waals surface area contributed by atoms with Gasteiger partial charge in [0.2, 0.25) is 0 Å². The quantitative estimate of drug-likeness (QED) is 0.479. The van der Waals surface area contributed by atoms with E-state index in [2.05, 4.69) is 49.3 Å². The van der Waals surface area contributed by atoms with Gasteiger partial charge in [0, 0.05) is 43.1 Å². The van der Waals surface area contributed by atoms with Crippen molar-refractivity contribution in [2.45, 2.75) is 45.7 Å². The highest BCUT2D eigenvalue weighted by Crippen LogP contribution is 2.26. The van der Waals surface area contributed by atoms with E-state index in [-0.39, 0.29) is 5.91 Å². The fourth-order valence-corrected chi connectivity index (χ4v) is 4.79. The second-order valence-corrected chi connectivity index (χ2v) is 9.82. The molecule has 5 rings (SSSR count). The van der Waals surface area contributed by atoms with Crippen LogP contribution in [0.1, 0.15) is 48.1 Å². The summed E-state index contributed by atoms with van der Waals surface area (Å²) in [6.07, 6.45) is 9.01. The van der Waals surface area contributed by atoms with E-state index in [0.717, 1.165) is 52.4 Å². The minimum absolute atomic E-state index is 0.221. The summed E-state index contributed by atoms with van der Waals surface area (Å²) in [5, 5.41) is 19.1. The van der Waals surface area contributed by atoms with Crippen LogP contribution in [0, 0.1) is 6.92 Å². The van der Waals surface area contributed by atoms with Gasteiger partial charge in [0.05, 0.1) is 17.8 Å². The molecule has 1 aliphatic rings. The lowest BCUT2D eigenvalue weighted by molar-refractivity contribution is 0.102. The van der Waals surface area contributed by atoms with Crippen LogP contribution in [0.3, 0.4) is 0 Å². The van der Waals surface area contributed by atoms with Crippen molar-refractivity contribution in [1.29, 1.82) is 0 Å². The number of fused-ring (bicyclic) bond motifs is 1. The Morgan fingerprint density at radius 2 is 1.88 bits per heavy atom. The smallest absolute Gasteiger partial charge is 0.260 e. The third-order valence-corrected chi connectivity index (χ3v) is 6.92. The van der Waals surface area contributed by atoms with E-state index < -0.39 is 0 Å². The Hall–Kier alpha value is -3.24. The molecule has 0 spiro atoms. The molecule has 170 valence electrons. The number of nitrogens with one attached hydrogen (secondary N) is 1. The van der Waals surface area contributed by atoms with Crippen LogP contribution < -0.4 is 5.32 Å². The van der Waals surface area contributed by atoms with Crippen LogP contribution in [-0.2, 0) is 0 Å². The number of piperidine rings is 1. The van der Waals surface area contributed by atoms with Gasteiger partial charge in [-0.2, -0.15) is 5.10 Å². The molecule has 5 heterocycles. The van der Waals surface area contributed by atoms with Crippen LogP contribution in [0.25, 0.3) is 21.5 Å². The zero-order chi connectivity index (χ0) is 22.9. The van der Waals surface area contributed by atoms with E-state index in [4.69, 9.17) is 0 Å². The Bertz CT molecular complexity index is 1290. The van der Waals surface area contributed by atoms with E-state index >= 15 is 0 Å². The number of anilines is 1. The van der Waals surface area contributed by atoms with E-state index in [1.54, 1.807) is 18.6 Å². The summed E-state index contributed by atoms with van der Waals surface area (Å²) < 4.78 is 1.93. The molecule has 0 saturated carbocycles. The van der Waals surface area contributed by atoms with Crippen molar-refractivity contribution in [2.75, 3.05) is 18.4 Å². The lowest BCUT2D eigenvalue weighted by atomic mass is 10.0. The molecule has 1 fully saturated rings. The van der Waals surface area contributed by atoms with Crippen LogP contribution in [-0.4, -0.2) is 59.9 Å². The van der Waals surface area contributed by atoms with Gasteiger partial charge in [0.1, 0.15) is 16.5 Å². The van der Waals surface area contributed by atoms with Crippen molar-refractivity contribution >= 4 is 33.8 Å². The van der Waals surface area contributed by atoms with Crippen LogP contribution in [0.4, 0.5) is 5.82 Å². The Labute approximate surface area is 195 Å². The summed E-state index contributed by atoms with van der Waals surface area (Å²) in [7, 11) is 0. The average molecular weight is 463 g/mol. The fraction of sp³-hybridized carbons (Fsp3) is 0.391. The van der Waals surface area contributed by atoms with Crippen molar-refractivity contribution in [2.24, 2.45) is 0 Å². The number of likely N-dealkylation sites (tertiary alicyclic amines) is 1. The second-order valence-electron chi connectivity index (χ2n) is 8.64. The Morgan fingerprint density at radius 3 is 2.61 bits per heavy atom. The Balaban J connectivity index is 1.29. The fourth-order valence-electron chi connectivity index (χ4n) is 4.13. The molecule has 4 aromatic heterocycles. The highest BCUT2D eigenvalue weighted by Gasteiger charge is 2.23. The number of nitrogens with zero attached hydrogens (tertiary/aromatic N) is 7. The molecule has 1 saturated heterocycles. The van der Waals surface area contributed by atoms with Gasteiger partial charge in [-0.1, -0.05) is 11.3 Å². The highest BCUT2D eigenvalue weighted by atomic mass is 32.1. The van der Waals surface area contributed by atoms with E-state index in [1.807, 2.05) is 29.9 Å². The maximum atomic E-state index is 12.8. The van der Waals surface area contributed by atoms with Crippen molar-refractivity contribution in [3.05, 3.63) is 47.5 Å². The number of aryl methyl sites for hydroxylation is 1. The maximum Gasteiger partial charge on any atom is 0.260 e. The highest BCUT2D eigenvalue weighted by molar-refractivity contribution is 7.14. The molecular formula is C23H26N8OS. The average Bonchev–Trinajstić information content (AvgIpc) is 3.48. The van der Waals surface area contributed by atoms with Gasteiger partial charge in [-0.25, -0.2) is 4.98 Å². The van der Waals surface area contributed by atoms with Gasteiger partial charge in [0.15, 0.2) is 5.01 Å². The molecule has 0 atom stereocenters. The first-order chi connectivity index (χ1) is 16.0. The molecule has 1 amide bonds. The largest absolute Gasteiger partial charge is 0.306 e.